The number of rotatable bonds is 2. The topological polar surface area (TPSA) is 52.6 Å². The van der Waals surface area contributed by atoms with Crippen LogP contribution >= 0.6 is 0 Å². The first-order chi connectivity index (χ1) is 8.24. The van der Waals surface area contributed by atoms with Crippen LogP contribution in [-0.2, 0) is 0 Å². The summed E-state index contributed by atoms with van der Waals surface area (Å²) in [6, 6.07) is 0.310. The van der Waals surface area contributed by atoms with E-state index in [1.54, 1.807) is 0 Å². The zero-order valence-corrected chi connectivity index (χ0v) is 10.7. The number of amides is 2. The molecule has 1 aliphatic heterocycles. The van der Waals surface area contributed by atoms with Crippen molar-refractivity contribution in [3.8, 4) is 0 Å². The van der Waals surface area contributed by atoms with E-state index in [2.05, 4.69) is 5.32 Å². The van der Waals surface area contributed by atoms with Crippen LogP contribution in [0.2, 0.25) is 0 Å². The van der Waals surface area contributed by atoms with Crippen LogP contribution in [0.25, 0.3) is 0 Å². The first-order valence-electron chi connectivity index (χ1n) is 6.96. The van der Waals surface area contributed by atoms with Gasteiger partial charge in [-0.05, 0) is 32.6 Å². The molecule has 3 unspecified atom stereocenters. The molecule has 1 saturated carbocycles. The maximum absolute atomic E-state index is 11.9. The monoisotopic (exact) mass is 240 g/mol. The molecule has 0 radical (unpaired) electrons. The number of nitrogens with zero attached hydrogens (tertiary/aromatic N) is 1. The molecule has 0 aromatic carbocycles. The van der Waals surface area contributed by atoms with E-state index < -0.39 is 0 Å². The van der Waals surface area contributed by atoms with Gasteiger partial charge in [-0.3, -0.25) is 0 Å². The molecule has 2 fully saturated rings. The van der Waals surface area contributed by atoms with Gasteiger partial charge in [0.15, 0.2) is 0 Å². The van der Waals surface area contributed by atoms with Crippen molar-refractivity contribution in [2.45, 2.75) is 57.6 Å². The summed E-state index contributed by atoms with van der Waals surface area (Å²) in [5.41, 5.74) is 0. The molecule has 17 heavy (non-hydrogen) atoms. The number of carbonyl (C=O) groups excluding carboxylic acids is 1. The Hall–Kier alpha value is -0.770. The first-order valence-corrected chi connectivity index (χ1v) is 6.96. The Morgan fingerprint density at radius 2 is 2.06 bits per heavy atom. The number of likely N-dealkylation sites (tertiary alicyclic amines) is 1. The second-order valence-corrected chi connectivity index (χ2v) is 5.25. The van der Waals surface area contributed by atoms with Crippen molar-refractivity contribution in [2.75, 3.05) is 13.1 Å². The third kappa shape index (κ3) is 2.73. The van der Waals surface area contributed by atoms with E-state index in [0.29, 0.717) is 12.5 Å². The van der Waals surface area contributed by atoms with Gasteiger partial charge in [0.2, 0.25) is 0 Å². The minimum Gasteiger partial charge on any atom is -0.393 e. The molecular formula is C13H24N2O2. The Morgan fingerprint density at radius 3 is 2.76 bits per heavy atom. The Labute approximate surface area is 103 Å². The van der Waals surface area contributed by atoms with E-state index in [4.69, 9.17) is 0 Å². The summed E-state index contributed by atoms with van der Waals surface area (Å²) in [6.45, 7) is 3.47. The van der Waals surface area contributed by atoms with Crippen LogP contribution < -0.4 is 5.32 Å². The van der Waals surface area contributed by atoms with Crippen molar-refractivity contribution in [1.82, 2.24) is 10.2 Å². The fourth-order valence-corrected chi connectivity index (χ4v) is 3.33. The number of urea groups is 1. The van der Waals surface area contributed by atoms with Crippen molar-refractivity contribution < 1.29 is 9.90 Å². The molecule has 98 valence electrons. The Kier molecular flexibility index (Phi) is 4.26. The van der Waals surface area contributed by atoms with Gasteiger partial charge in [-0.15, -0.1) is 0 Å². The van der Waals surface area contributed by atoms with Crippen LogP contribution in [0.3, 0.4) is 0 Å². The first kappa shape index (κ1) is 12.7. The van der Waals surface area contributed by atoms with E-state index in [1.165, 1.54) is 6.42 Å². The zero-order valence-electron chi connectivity index (χ0n) is 10.7. The molecule has 4 heteroatoms. The highest BCUT2D eigenvalue weighted by atomic mass is 16.3. The number of carbonyl (C=O) groups is 1. The van der Waals surface area contributed by atoms with Gasteiger partial charge in [0.1, 0.15) is 0 Å². The van der Waals surface area contributed by atoms with Crippen LogP contribution in [0, 0.1) is 5.92 Å². The molecule has 2 N–H and O–H groups in total. The molecule has 0 spiro atoms. The fraction of sp³-hybridized carbons (Fsp3) is 0.923. The van der Waals surface area contributed by atoms with Gasteiger partial charge in [-0.25, -0.2) is 4.79 Å². The minimum absolute atomic E-state index is 0.0489. The molecule has 3 atom stereocenters. The Bertz CT molecular complexity index is 270. The molecule has 0 aromatic rings. The summed E-state index contributed by atoms with van der Waals surface area (Å²) >= 11 is 0. The highest BCUT2D eigenvalue weighted by molar-refractivity contribution is 5.74. The summed E-state index contributed by atoms with van der Waals surface area (Å²) in [4.78, 5) is 13.9. The largest absolute Gasteiger partial charge is 0.393 e. The van der Waals surface area contributed by atoms with E-state index in [-0.39, 0.29) is 18.2 Å². The molecule has 4 nitrogen and oxygen atoms in total. The molecule has 1 heterocycles. The van der Waals surface area contributed by atoms with Crippen LogP contribution in [0.5, 0.6) is 0 Å². The third-order valence-corrected chi connectivity index (χ3v) is 4.16. The van der Waals surface area contributed by atoms with Crippen molar-refractivity contribution in [1.29, 1.82) is 0 Å². The summed E-state index contributed by atoms with van der Waals surface area (Å²) < 4.78 is 0. The molecule has 0 aromatic heterocycles. The SMILES string of the molecule is CCNC(=O)N1CCCC1C1CCCCC1O. The molecule has 2 aliphatic rings. The smallest absolute Gasteiger partial charge is 0.317 e. The number of hydrogen-bond acceptors (Lipinski definition) is 2. The van der Waals surface area contributed by atoms with Crippen LogP contribution in [0.15, 0.2) is 0 Å². The molecule has 1 aliphatic carbocycles. The molecule has 2 rings (SSSR count). The van der Waals surface area contributed by atoms with Crippen LogP contribution in [0.4, 0.5) is 4.79 Å². The Morgan fingerprint density at radius 1 is 1.29 bits per heavy atom. The van der Waals surface area contributed by atoms with E-state index in [0.717, 1.165) is 38.6 Å². The zero-order chi connectivity index (χ0) is 12.3. The molecule has 2 amide bonds. The predicted molar refractivity (Wildman–Crippen MR) is 66.8 cm³/mol. The lowest BCUT2D eigenvalue weighted by Crippen LogP contribution is -2.48. The van der Waals surface area contributed by atoms with Crippen LogP contribution in [0.1, 0.15) is 45.4 Å². The predicted octanol–water partition coefficient (Wildman–Crippen LogP) is 1.73. The van der Waals surface area contributed by atoms with Gasteiger partial charge in [-0.1, -0.05) is 12.8 Å². The fourth-order valence-electron chi connectivity index (χ4n) is 3.33. The highest BCUT2D eigenvalue weighted by Gasteiger charge is 2.38. The summed E-state index contributed by atoms with van der Waals surface area (Å²) in [7, 11) is 0. The lowest BCUT2D eigenvalue weighted by atomic mass is 9.80. The lowest BCUT2D eigenvalue weighted by Gasteiger charge is -2.37. The van der Waals surface area contributed by atoms with Gasteiger partial charge in [0.25, 0.3) is 0 Å². The number of nitrogens with one attached hydrogen (secondary N) is 1. The van der Waals surface area contributed by atoms with E-state index in [9.17, 15) is 9.90 Å². The number of aliphatic hydroxyl groups is 1. The van der Waals surface area contributed by atoms with Gasteiger partial charge in [-0.2, -0.15) is 0 Å². The summed E-state index contributed by atoms with van der Waals surface area (Å²) in [6.07, 6.45) is 6.23. The van der Waals surface area contributed by atoms with Crippen molar-refractivity contribution in [2.24, 2.45) is 5.92 Å². The molecule has 0 bridgehead atoms. The van der Waals surface area contributed by atoms with Crippen molar-refractivity contribution >= 4 is 6.03 Å². The average Bonchev–Trinajstić information content (AvgIpc) is 2.79. The highest BCUT2D eigenvalue weighted by Crippen LogP contribution is 2.34. The third-order valence-electron chi connectivity index (χ3n) is 4.16. The van der Waals surface area contributed by atoms with Crippen molar-refractivity contribution in [3.05, 3.63) is 0 Å². The second kappa shape index (κ2) is 5.71. The van der Waals surface area contributed by atoms with E-state index >= 15 is 0 Å². The van der Waals surface area contributed by atoms with E-state index in [1.807, 2.05) is 11.8 Å². The molecule has 1 saturated heterocycles. The summed E-state index contributed by atoms with van der Waals surface area (Å²) in [5.74, 6) is 0.300. The quantitative estimate of drug-likeness (QED) is 0.772. The van der Waals surface area contributed by atoms with Gasteiger partial charge >= 0.3 is 6.03 Å². The Balaban J connectivity index is 2.00. The van der Waals surface area contributed by atoms with Gasteiger partial charge in [0, 0.05) is 25.0 Å². The minimum atomic E-state index is -0.205. The average molecular weight is 240 g/mol. The number of aliphatic hydroxyl groups excluding tert-OH is 1. The second-order valence-electron chi connectivity index (χ2n) is 5.25. The van der Waals surface area contributed by atoms with Crippen molar-refractivity contribution in [3.63, 3.8) is 0 Å². The van der Waals surface area contributed by atoms with Gasteiger partial charge in [0.05, 0.1) is 6.10 Å². The normalized spacial score (nSPS) is 33.8. The maximum atomic E-state index is 11.9. The standard InChI is InChI=1S/C13H24N2O2/c1-2-14-13(17)15-9-5-7-11(15)10-6-3-4-8-12(10)16/h10-12,16H,2-9H2,1H3,(H,14,17). The maximum Gasteiger partial charge on any atom is 0.317 e. The summed E-state index contributed by atoms with van der Waals surface area (Å²) in [5, 5.41) is 13.0. The number of hydrogen-bond donors (Lipinski definition) is 2. The van der Waals surface area contributed by atoms with Crippen LogP contribution in [-0.4, -0.2) is 41.3 Å². The van der Waals surface area contributed by atoms with Gasteiger partial charge < -0.3 is 15.3 Å². The lowest BCUT2D eigenvalue weighted by molar-refractivity contribution is 0.0307. The molecular weight excluding hydrogens is 216 g/mol.